The number of furan rings is 1. The fourth-order valence-electron chi connectivity index (χ4n) is 0.750. The normalized spacial score (nSPS) is 9.67. The van der Waals surface area contributed by atoms with Crippen molar-refractivity contribution in [3.63, 3.8) is 0 Å². The monoisotopic (exact) mass is 162 g/mol. The van der Waals surface area contributed by atoms with Gasteiger partial charge in [-0.3, -0.25) is 0 Å². The Kier molecular flexibility index (Phi) is 1.74. The second-order valence-electron chi connectivity index (χ2n) is 2.07. The SMILES string of the molecule is c1cnc(Oc2ccco2)nc1. The Bertz CT molecular complexity index is 331. The van der Waals surface area contributed by atoms with E-state index in [0.29, 0.717) is 5.95 Å². The summed E-state index contributed by atoms with van der Waals surface area (Å²) in [5.74, 6) is 0.390. The Hall–Kier alpha value is -1.84. The van der Waals surface area contributed by atoms with Crippen molar-refractivity contribution in [3.05, 3.63) is 36.9 Å². The summed E-state index contributed by atoms with van der Waals surface area (Å²) < 4.78 is 10.1. The highest BCUT2D eigenvalue weighted by Gasteiger charge is 1.99. The minimum atomic E-state index is 0.285. The maximum absolute atomic E-state index is 5.13. The van der Waals surface area contributed by atoms with Crippen LogP contribution >= 0.6 is 0 Å². The molecule has 0 aliphatic carbocycles. The van der Waals surface area contributed by atoms with Crippen LogP contribution < -0.4 is 4.74 Å². The van der Waals surface area contributed by atoms with Crippen LogP contribution in [-0.2, 0) is 0 Å². The molecule has 0 saturated carbocycles. The molecule has 0 aromatic carbocycles. The van der Waals surface area contributed by atoms with Gasteiger partial charge in [-0.1, -0.05) is 0 Å². The van der Waals surface area contributed by atoms with Crippen LogP contribution in [-0.4, -0.2) is 9.97 Å². The topological polar surface area (TPSA) is 48.2 Å². The highest BCUT2D eigenvalue weighted by molar-refractivity contribution is 5.09. The minimum absolute atomic E-state index is 0.285. The van der Waals surface area contributed by atoms with Crippen LogP contribution in [0.1, 0.15) is 0 Å². The van der Waals surface area contributed by atoms with Gasteiger partial charge in [-0.25, -0.2) is 9.97 Å². The Morgan fingerprint density at radius 2 is 2.00 bits per heavy atom. The molecule has 0 fully saturated rings. The zero-order valence-corrected chi connectivity index (χ0v) is 6.18. The van der Waals surface area contributed by atoms with E-state index in [0.717, 1.165) is 0 Å². The van der Waals surface area contributed by atoms with Gasteiger partial charge in [0.05, 0.1) is 6.26 Å². The van der Waals surface area contributed by atoms with Gasteiger partial charge in [-0.15, -0.1) is 0 Å². The number of rotatable bonds is 2. The molecule has 0 atom stereocenters. The summed E-state index contributed by atoms with van der Waals surface area (Å²) in [6.07, 6.45) is 4.73. The molecule has 2 heterocycles. The van der Waals surface area contributed by atoms with E-state index in [9.17, 15) is 0 Å². The summed E-state index contributed by atoms with van der Waals surface area (Å²) in [5, 5.41) is 0. The zero-order chi connectivity index (χ0) is 8.23. The molecule has 12 heavy (non-hydrogen) atoms. The van der Waals surface area contributed by atoms with E-state index >= 15 is 0 Å². The third kappa shape index (κ3) is 1.42. The van der Waals surface area contributed by atoms with Gasteiger partial charge in [0.15, 0.2) is 0 Å². The molecule has 2 aromatic heterocycles. The molecule has 0 aliphatic rings. The molecular weight excluding hydrogens is 156 g/mol. The van der Waals surface area contributed by atoms with Crippen LogP contribution in [0.4, 0.5) is 0 Å². The third-order valence-corrected chi connectivity index (χ3v) is 1.23. The zero-order valence-electron chi connectivity index (χ0n) is 6.18. The number of ether oxygens (including phenoxy) is 1. The van der Waals surface area contributed by atoms with E-state index in [1.54, 1.807) is 30.6 Å². The lowest BCUT2D eigenvalue weighted by Gasteiger charge is -1.96. The van der Waals surface area contributed by atoms with Crippen LogP contribution in [0.5, 0.6) is 12.0 Å². The summed E-state index contributed by atoms with van der Waals surface area (Å²) in [7, 11) is 0. The first-order valence-corrected chi connectivity index (χ1v) is 3.43. The van der Waals surface area contributed by atoms with Gasteiger partial charge in [-0.2, -0.15) is 0 Å². The molecular formula is C8H6N2O2. The van der Waals surface area contributed by atoms with Crippen molar-refractivity contribution in [1.82, 2.24) is 9.97 Å². The summed E-state index contributed by atoms with van der Waals surface area (Å²) in [6, 6.07) is 5.43. The highest BCUT2D eigenvalue weighted by Crippen LogP contribution is 2.16. The summed E-state index contributed by atoms with van der Waals surface area (Å²) in [6.45, 7) is 0. The first-order valence-electron chi connectivity index (χ1n) is 3.43. The molecule has 2 aromatic rings. The molecule has 0 N–H and O–H groups in total. The minimum Gasteiger partial charge on any atom is -0.434 e. The molecule has 0 aliphatic heterocycles. The van der Waals surface area contributed by atoms with Crippen molar-refractivity contribution in [2.24, 2.45) is 0 Å². The van der Waals surface area contributed by atoms with Crippen molar-refractivity contribution in [1.29, 1.82) is 0 Å². The Balaban J connectivity index is 2.15. The Morgan fingerprint density at radius 3 is 2.67 bits per heavy atom. The summed E-state index contributed by atoms with van der Waals surface area (Å²) >= 11 is 0. The largest absolute Gasteiger partial charge is 0.434 e. The van der Waals surface area contributed by atoms with Gasteiger partial charge in [-0.05, 0) is 12.1 Å². The highest BCUT2D eigenvalue weighted by atomic mass is 16.6. The molecule has 4 nitrogen and oxygen atoms in total. The van der Waals surface area contributed by atoms with Crippen LogP contribution in [0.3, 0.4) is 0 Å². The quantitative estimate of drug-likeness (QED) is 0.676. The number of hydrogen-bond donors (Lipinski definition) is 0. The second kappa shape index (κ2) is 3.04. The lowest BCUT2D eigenvalue weighted by Crippen LogP contribution is -1.87. The standard InChI is InChI=1S/C8H6N2O2/c1-3-7(11-6-1)12-8-9-4-2-5-10-8/h1-6H. The van der Waals surface area contributed by atoms with Gasteiger partial charge in [0, 0.05) is 18.5 Å². The molecule has 0 unspecified atom stereocenters. The molecule has 0 radical (unpaired) electrons. The van der Waals surface area contributed by atoms with Crippen molar-refractivity contribution in [2.45, 2.75) is 0 Å². The average Bonchev–Trinajstić information content (AvgIpc) is 2.59. The van der Waals surface area contributed by atoms with E-state index in [1.165, 1.54) is 6.26 Å². The van der Waals surface area contributed by atoms with Crippen molar-refractivity contribution in [3.8, 4) is 12.0 Å². The fraction of sp³-hybridized carbons (Fsp3) is 0. The fourth-order valence-corrected chi connectivity index (χ4v) is 0.750. The van der Waals surface area contributed by atoms with E-state index in [2.05, 4.69) is 9.97 Å². The number of aromatic nitrogens is 2. The Morgan fingerprint density at radius 1 is 1.17 bits per heavy atom. The maximum Gasteiger partial charge on any atom is 0.324 e. The van der Waals surface area contributed by atoms with E-state index in [4.69, 9.17) is 9.15 Å². The summed E-state index contributed by atoms with van der Waals surface area (Å²) in [5.41, 5.74) is 0. The maximum atomic E-state index is 5.13. The van der Waals surface area contributed by atoms with Gasteiger partial charge < -0.3 is 9.15 Å². The molecule has 2 rings (SSSR count). The predicted molar refractivity (Wildman–Crippen MR) is 40.8 cm³/mol. The molecule has 0 bridgehead atoms. The average molecular weight is 162 g/mol. The van der Waals surface area contributed by atoms with Gasteiger partial charge in [0.1, 0.15) is 0 Å². The molecule has 4 heteroatoms. The Labute approximate surface area is 68.8 Å². The van der Waals surface area contributed by atoms with Crippen molar-refractivity contribution >= 4 is 0 Å². The van der Waals surface area contributed by atoms with Crippen LogP contribution in [0.15, 0.2) is 41.3 Å². The lowest BCUT2D eigenvalue weighted by molar-refractivity contribution is 0.326. The second-order valence-corrected chi connectivity index (χ2v) is 2.07. The lowest BCUT2D eigenvalue weighted by atomic mass is 10.6. The molecule has 60 valence electrons. The van der Waals surface area contributed by atoms with Crippen molar-refractivity contribution in [2.75, 3.05) is 0 Å². The first-order chi connectivity index (χ1) is 5.95. The van der Waals surface area contributed by atoms with Gasteiger partial charge in [0.25, 0.3) is 5.95 Å². The van der Waals surface area contributed by atoms with E-state index < -0.39 is 0 Å². The van der Waals surface area contributed by atoms with Crippen molar-refractivity contribution < 1.29 is 9.15 Å². The van der Waals surface area contributed by atoms with Crippen LogP contribution in [0.25, 0.3) is 0 Å². The van der Waals surface area contributed by atoms with Gasteiger partial charge >= 0.3 is 6.01 Å². The molecule has 0 saturated heterocycles. The molecule has 0 spiro atoms. The van der Waals surface area contributed by atoms with E-state index in [-0.39, 0.29) is 6.01 Å². The smallest absolute Gasteiger partial charge is 0.324 e. The third-order valence-electron chi connectivity index (χ3n) is 1.23. The summed E-state index contributed by atoms with van der Waals surface area (Å²) in [4.78, 5) is 7.72. The van der Waals surface area contributed by atoms with Gasteiger partial charge in [0.2, 0.25) is 0 Å². The number of nitrogens with zero attached hydrogens (tertiary/aromatic N) is 2. The number of hydrogen-bond acceptors (Lipinski definition) is 4. The predicted octanol–water partition coefficient (Wildman–Crippen LogP) is 1.86. The van der Waals surface area contributed by atoms with E-state index in [1.807, 2.05) is 0 Å². The van der Waals surface area contributed by atoms with Crippen LogP contribution in [0.2, 0.25) is 0 Å². The molecule has 0 amide bonds. The van der Waals surface area contributed by atoms with Crippen LogP contribution in [0, 0.1) is 0 Å². The first kappa shape index (κ1) is 6.84.